The van der Waals surface area contributed by atoms with Crippen LogP contribution in [0.25, 0.3) is 0 Å². The van der Waals surface area contributed by atoms with Crippen molar-refractivity contribution in [2.45, 2.75) is 26.7 Å². The Kier molecular flexibility index (Phi) is 5.08. The summed E-state index contributed by atoms with van der Waals surface area (Å²) in [5.41, 5.74) is 0.908. The molecule has 1 unspecified atom stereocenters. The summed E-state index contributed by atoms with van der Waals surface area (Å²) in [4.78, 5) is 11.7. The van der Waals surface area contributed by atoms with Crippen LogP contribution >= 0.6 is 22.6 Å². The molecule has 1 amide bonds. The van der Waals surface area contributed by atoms with Gasteiger partial charge in [-0.3, -0.25) is 4.79 Å². The molecule has 1 aromatic rings. The van der Waals surface area contributed by atoms with Crippen LogP contribution in [-0.2, 0) is 4.79 Å². The number of carbonyl (C=O) groups excluding carboxylic acids is 1. The van der Waals surface area contributed by atoms with Crippen molar-refractivity contribution in [3.05, 3.63) is 27.8 Å². The van der Waals surface area contributed by atoms with Gasteiger partial charge in [0.2, 0.25) is 5.91 Å². The van der Waals surface area contributed by atoms with Gasteiger partial charge in [-0.1, -0.05) is 32.4 Å². The first-order chi connectivity index (χ1) is 7.15. The molecule has 3 heteroatoms. The van der Waals surface area contributed by atoms with Crippen LogP contribution < -0.4 is 5.32 Å². The fourth-order valence-corrected chi connectivity index (χ4v) is 1.90. The summed E-state index contributed by atoms with van der Waals surface area (Å²) < 4.78 is 1.08. The zero-order valence-corrected chi connectivity index (χ0v) is 11.2. The van der Waals surface area contributed by atoms with Crippen molar-refractivity contribution in [2.75, 3.05) is 5.32 Å². The topological polar surface area (TPSA) is 29.1 Å². The van der Waals surface area contributed by atoms with Crippen LogP contribution in [0.15, 0.2) is 24.3 Å². The molecule has 0 aliphatic rings. The molecule has 0 fully saturated rings. The molecule has 2 nitrogen and oxygen atoms in total. The molecular weight excluding hydrogens is 301 g/mol. The van der Waals surface area contributed by atoms with Gasteiger partial charge in [-0.25, -0.2) is 0 Å². The van der Waals surface area contributed by atoms with Gasteiger partial charge < -0.3 is 5.32 Å². The van der Waals surface area contributed by atoms with Crippen molar-refractivity contribution < 1.29 is 4.79 Å². The second kappa shape index (κ2) is 6.10. The van der Waals surface area contributed by atoms with Crippen LogP contribution in [0.2, 0.25) is 0 Å². The zero-order chi connectivity index (χ0) is 11.3. The Morgan fingerprint density at radius 1 is 1.47 bits per heavy atom. The average Bonchev–Trinajstić information content (AvgIpc) is 2.21. The smallest absolute Gasteiger partial charge is 0.227 e. The lowest BCUT2D eigenvalue weighted by atomic mass is 10.1. The molecule has 0 radical (unpaired) electrons. The summed E-state index contributed by atoms with van der Waals surface area (Å²) >= 11 is 2.22. The Morgan fingerprint density at radius 2 is 2.13 bits per heavy atom. The quantitative estimate of drug-likeness (QED) is 0.844. The normalized spacial score (nSPS) is 12.2. The summed E-state index contributed by atoms with van der Waals surface area (Å²) in [5.74, 6) is 0.201. The number of rotatable bonds is 4. The Morgan fingerprint density at radius 3 is 2.73 bits per heavy atom. The predicted octanol–water partition coefficient (Wildman–Crippen LogP) is 3.67. The lowest BCUT2D eigenvalue weighted by Gasteiger charge is -2.12. The molecule has 0 aliphatic heterocycles. The molecule has 1 atom stereocenters. The highest BCUT2D eigenvalue weighted by Gasteiger charge is 2.12. The molecule has 0 saturated heterocycles. The first-order valence-corrected chi connectivity index (χ1v) is 6.28. The summed E-state index contributed by atoms with van der Waals surface area (Å²) in [6, 6.07) is 7.81. The monoisotopic (exact) mass is 317 g/mol. The molecule has 0 spiro atoms. The third kappa shape index (κ3) is 3.81. The number of amides is 1. The summed E-state index contributed by atoms with van der Waals surface area (Å²) in [5, 5.41) is 2.95. The molecular formula is C12H16INO. The second-order valence-corrected chi connectivity index (χ2v) is 4.82. The van der Waals surface area contributed by atoms with Crippen molar-refractivity contribution in [1.82, 2.24) is 0 Å². The Balaban J connectivity index is 2.62. The van der Waals surface area contributed by atoms with Gasteiger partial charge in [0.25, 0.3) is 0 Å². The third-order valence-electron chi connectivity index (χ3n) is 2.30. The number of benzene rings is 1. The van der Waals surface area contributed by atoms with Gasteiger partial charge >= 0.3 is 0 Å². The Hall–Kier alpha value is -0.580. The molecule has 1 N–H and O–H groups in total. The zero-order valence-electron chi connectivity index (χ0n) is 9.09. The van der Waals surface area contributed by atoms with Crippen molar-refractivity contribution in [2.24, 2.45) is 5.92 Å². The minimum Gasteiger partial charge on any atom is -0.325 e. The molecule has 0 bridgehead atoms. The molecule has 0 saturated carbocycles. The van der Waals surface area contributed by atoms with E-state index in [0.717, 1.165) is 22.1 Å². The van der Waals surface area contributed by atoms with Gasteiger partial charge in [0, 0.05) is 9.49 Å². The number of hydrogen-bond donors (Lipinski definition) is 1. The molecule has 0 heterocycles. The van der Waals surface area contributed by atoms with Crippen LogP contribution in [0.5, 0.6) is 0 Å². The molecule has 15 heavy (non-hydrogen) atoms. The van der Waals surface area contributed by atoms with Crippen LogP contribution in [0.1, 0.15) is 26.7 Å². The Labute approximate surface area is 105 Å². The lowest BCUT2D eigenvalue weighted by Crippen LogP contribution is -2.20. The minimum absolute atomic E-state index is 0.0889. The third-order valence-corrected chi connectivity index (χ3v) is 3.24. The summed E-state index contributed by atoms with van der Waals surface area (Å²) in [6.07, 6.45) is 1.98. The number of hydrogen-bond acceptors (Lipinski definition) is 1. The summed E-state index contributed by atoms with van der Waals surface area (Å²) in [6.45, 7) is 4.06. The highest BCUT2D eigenvalue weighted by atomic mass is 127. The van der Waals surface area contributed by atoms with Crippen LogP contribution in [0.4, 0.5) is 5.69 Å². The molecule has 0 aliphatic carbocycles. The van der Waals surface area contributed by atoms with Gasteiger partial charge in [-0.15, -0.1) is 0 Å². The first kappa shape index (κ1) is 12.5. The van der Waals surface area contributed by atoms with E-state index < -0.39 is 0 Å². The maximum absolute atomic E-state index is 11.7. The van der Waals surface area contributed by atoms with E-state index in [9.17, 15) is 4.79 Å². The predicted molar refractivity (Wildman–Crippen MR) is 71.9 cm³/mol. The van der Waals surface area contributed by atoms with E-state index >= 15 is 0 Å². The van der Waals surface area contributed by atoms with Crippen molar-refractivity contribution in [3.63, 3.8) is 0 Å². The van der Waals surface area contributed by atoms with Crippen molar-refractivity contribution in [3.8, 4) is 0 Å². The van der Waals surface area contributed by atoms with E-state index in [1.54, 1.807) is 0 Å². The maximum atomic E-state index is 11.7. The number of carbonyl (C=O) groups is 1. The van der Waals surface area contributed by atoms with Gasteiger partial charge in [0.05, 0.1) is 5.69 Å². The van der Waals surface area contributed by atoms with Gasteiger partial charge in [-0.2, -0.15) is 0 Å². The minimum atomic E-state index is 0.0889. The number of anilines is 1. The first-order valence-electron chi connectivity index (χ1n) is 5.20. The molecule has 0 aromatic heterocycles. The lowest BCUT2D eigenvalue weighted by molar-refractivity contribution is -0.119. The second-order valence-electron chi connectivity index (χ2n) is 3.66. The maximum Gasteiger partial charge on any atom is 0.227 e. The van der Waals surface area contributed by atoms with E-state index in [0.29, 0.717) is 0 Å². The van der Waals surface area contributed by atoms with Gasteiger partial charge in [0.1, 0.15) is 0 Å². The van der Waals surface area contributed by atoms with Crippen LogP contribution in [-0.4, -0.2) is 5.91 Å². The SMILES string of the molecule is CCCC(C)C(=O)Nc1ccccc1I. The number of halogens is 1. The largest absolute Gasteiger partial charge is 0.325 e. The molecule has 1 rings (SSSR count). The van der Waals surface area contributed by atoms with Crippen molar-refractivity contribution >= 4 is 34.2 Å². The highest BCUT2D eigenvalue weighted by Crippen LogP contribution is 2.18. The van der Waals surface area contributed by atoms with E-state index in [2.05, 4.69) is 34.8 Å². The fraction of sp³-hybridized carbons (Fsp3) is 0.417. The van der Waals surface area contributed by atoms with Crippen molar-refractivity contribution in [1.29, 1.82) is 0 Å². The highest BCUT2D eigenvalue weighted by molar-refractivity contribution is 14.1. The fourth-order valence-electron chi connectivity index (χ4n) is 1.38. The molecule has 82 valence electrons. The van der Waals surface area contributed by atoms with E-state index in [1.165, 1.54) is 0 Å². The van der Waals surface area contributed by atoms with E-state index in [-0.39, 0.29) is 11.8 Å². The standard InChI is InChI=1S/C12H16INO/c1-3-6-9(2)12(15)14-11-8-5-4-7-10(11)13/h4-5,7-9H,3,6H2,1-2H3,(H,14,15). The average molecular weight is 317 g/mol. The van der Waals surface area contributed by atoms with E-state index in [1.807, 2.05) is 31.2 Å². The number of nitrogens with one attached hydrogen (secondary N) is 1. The molecule has 1 aromatic carbocycles. The Bertz CT molecular complexity index is 338. The van der Waals surface area contributed by atoms with Crippen LogP contribution in [0, 0.1) is 9.49 Å². The van der Waals surface area contributed by atoms with Crippen LogP contribution in [0.3, 0.4) is 0 Å². The summed E-state index contributed by atoms with van der Waals surface area (Å²) in [7, 11) is 0. The van der Waals surface area contributed by atoms with Gasteiger partial charge in [0.15, 0.2) is 0 Å². The van der Waals surface area contributed by atoms with E-state index in [4.69, 9.17) is 0 Å². The van der Waals surface area contributed by atoms with Gasteiger partial charge in [-0.05, 0) is 41.1 Å². The number of para-hydroxylation sites is 1.